The van der Waals surface area contributed by atoms with Crippen molar-refractivity contribution >= 4 is 0 Å². The van der Waals surface area contributed by atoms with Crippen LogP contribution in [0.15, 0.2) is 18.2 Å². The number of rotatable bonds is 8. The Hall–Kier alpha value is -1.06. The summed E-state index contributed by atoms with van der Waals surface area (Å²) >= 11 is 0. The first kappa shape index (κ1) is 14.4. The lowest BCUT2D eigenvalue weighted by molar-refractivity contribution is 0.106. The van der Waals surface area contributed by atoms with Gasteiger partial charge in [0.15, 0.2) is 0 Å². The average molecular weight is 263 g/mol. The van der Waals surface area contributed by atoms with E-state index in [1.54, 1.807) is 0 Å². The van der Waals surface area contributed by atoms with Crippen molar-refractivity contribution < 1.29 is 9.84 Å². The molecule has 3 nitrogen and oxygen atoms in total. The zero-order chi connectivity index (χ0) is 13.7. The molecule has 1 unspecified atom stereocenters. The molecule has 3 heteroatoms. The Morgan fingerprint density at radius 3 is 2.84 bits per heavy atom. The molecule has 2 rings (SSSR count). The van der Waals surface area contributed by atoms with Gasteiger partial charge < -0.3 is 15.2 Å². The molecule has 1 saturated carbocycles. The molecule has 1 aromatic carbocycles. The fourth-order valence-corrected chi connectivity index (χ4v) is 2.19. The van der Waals surface area contributed by atoms with E-state index in [0.29, 0.717) is 13.2 Å². The van der Waals surface area contributed by atoms with Gasteiger partial charge in [0.25, 0.3) is 0 Å². The number of hydrogen-bond acceptors (Lipinski definition) is 3. The lowest BCUT2D eigenvalue weighted by atomic mass is 10.1. The van der Waals surface area contributed by atoms with Gasteiger partial charge >= 0.3 is 0 Å². The van der Waals surface area contributed by atoms with E-state index in [9.17, 15) is 5.11 Å². The van der Waals surface area contributed by atoms with Crippen molar-refractivity contribution in [2.45, 2.75) is 39.2 Å². The second-order valence-corrected chi connectivity index (χ2v) is 5.67. The lowest BCUT2D eigenvalue weighted by Gasteiger charge is -2.14. The van der Waals surface area contributed by atoms with E-state index >= 15 is 0 Å². The maximum Gasteiger partial charge on any atom is 0.122 e. The summed E-state index contributed by atoms with van der Waals surface area (Å²) in [5, 5.41) is 13.1. The van der Waals surface area contributed by atoms with E-state index < -0.39 is 6.10 Å². The first-order valence-electron chi connectivity index (χ1n) is 7.24. The van der Waals surface area contributed by atoms with Gasteiger partial charge in [0.1, 0.15) is 18.5 Å². The van der Waals surface area contributed by atoms with Gasteiger partial charge in [-0.1, -0.05) is 30.5 Å². The highest BCUT2D eigenvalue weighted by atomic mass is 16.5. The van der Waals surface area contributed by atoms with E-state index in [4.69, 9.17) is 4.74 Å². The van der Waals surface area contributed by atoms with Crippen LogP contribution in [0.5, 0.6) is 5.75 Å². The Balaban J connectivity index is 1.62. The summed E-state index contributed by atoms with van der Waals surface area (Å²) in [6, 6.07) is 6.09. The number of ether oxygens (including phenoxy) is 1. The predicted octanol–water partition coefficient (Wildman–Crippen LogP) is 2.43. The van der Waals surface area contributed by atoms with Crippen LogP contribution in [0.3, 0.4) is 0 Å². The van der Waals surface area contributed by atoms with Crippen LogP contribution in [-0.2, 0) is 0 Å². The van der Waals surface area contributed by atoms with Crippen LogP contribution in [0.25, 0.3) is 0 Å². The summed E-state index contributed by atoms with van der Waals surface area (Å²) in [6.07, 6.45) is 3.57. The van der Waals surface area contributed by atoms with Gasteiger partial charge in [0.2, 0.25) is 0 Å². The molecule has 2 N–H and O–H groups in total. The molecule has 1 aliphatic rings. The fourth-order valence-electron chi connectivity index (χ4n) is 2.19. The fraction of sp³-hybridized carbons (Fsp3) is 0.625. The van der Waals surface area contributed by atoms with E-state index in [1.165, 1.54) is 24.8 Å². The minimum absolute atomic E-state index is 0.348. The molecule has 1 aliphatic carbocycles. The highest BCUT2D eigenvalue weighted by Gasteiger charge is 2.20. The molecule has 0 spiro atoms. The molecule has 0 heterocycles. The maximum absolute atomic E-state index is 9.85. The number of nitrogens with one attached hydrogen (secondary N) is 1. The van der Waals surface area contributed by atoms with Gasteiger partial charge in [-0.3, -0.25) is 0 Å². The lowest BCUT2D eigenvalue weighted by Crippen LogP contribution is -2.32. The van der Waals surface area contributed by atoms with Gasteiger partial charge in [-0.05, 0) is 44.4 Å². The predicted molar refractivity (Wildman–Crippen MR) is 77.6 cm³/mol. The smallest absolute Gasteiger partial charge is 0.122 e. The third-order valence-electron chi connectivity index (χ3n) is 3.57. The van der Waals surface area contributed by atoms with Crippen molar-refractivity contribution in [2.24, 2.45) is 5.92 Å². The zero-order valence-corrected chi connectivity index (χ0v) is 12.0. The first-order chi connectivity index (χ1) is 9.15. The Morgan fingerprint density at radius 1 is 1.37 bits per heavy atom. The van der Waals surface area contributed by atoms with Gasteiger partial charge in [-0.2, -0.15) is 0 Å². The van der Waals surface area contributed by atoms with Gasteiger partial charge in [-0.25, -0.2) is 0 Å². The van der Waals surface area contributed by atoms with Crippen molar-refractivity contribution in [3.05, 3.63) is 29.3 Å². The number of aryl methyl sites for hydroxylation is 2. The summed E-state index contributed by atoms with van der Waals surface area (Å²) in [5.74, 6) is 1.80. The maximum atomic E-state index is 9.85. The average Bonchev–Trinajstić information content (AvgIpc) is 3.17. The zero-order valence-electron chi connectivity index (χ0n) is 12.0. The van der Waals surface area contributed by atoms with Crippen LogP contribution in [0.1, 0.15) is 30.4 Å². The van der Waals surface area contributed by atoms with Crippen molar-refractivity contribution in [2.75, 3.05) is 19.7 Å². The quantitative estimate of drug-likeness (QED) is 0.708. The molecule has 0 amide bonds. The van der Waals surface area contributed by atoms with Crippen LogP contribution in [0.4, 0.5) is 0 Å². The number of hydrogen-bond donors (Lipinski definition) is 2. The van der Waals surface area contributed by atoms with Gasteiger partial charge in [0, 0.05) is 6.54 Å². The van der Waals surface area contributed by atoms with E-state index in [0.717, 1.165) is 23.8 Å². The van der Waals surface area contributed by atoms with Crippen molar-refractivity contribution in [3.8, 4) is 5.75 Å². The van der Waals surface area contributed by atoms with Crippen LogP contribution in [0.2, 0.25) is 0 Å². The standard InChI is InChI=1S/C16H25NO2/c1-12-3-6-16(13(2)9-12)19-11-15(18)10-17-8-7-14-4-5-14/h3,6,9,14-15,17-18H,4-5,7-8,10-11H2,1-2H3. The molecule has 0 saturated heterocycles. The summed E-state index contributed by atoms with van der Waals surface area (Å²) in [5.41, 5.74) is 2.35. The van der Waals surface area contributed by atoms with E-state index in [2.05, 4.69) is 18.3 Å². The first-order valence-corrected chi connectivity index (χ1v) is 7.24. The monoisotopic (exact) mass is 263 g/mol. The summed E-state index contributed by atoms with van der Waals surface area (Å²) in [4.78, 5) is 0. The second kappa shape index (κ2) is 6.92. The highest BCUT2D eigenvalue weighted by molar-refractivity contribution is 5.35. The van der Waals surface area contributed by atoms with E-state index in [-0.39, 0.29) is 0 Å². The molecular formula is C16H25NO2. The molecular weight excluding hydrogens is 238 g/mol. The highest BCUT2D eigenvalue weighted by Crippen LogP contribution is 2.31. The Bertz CT molecular complexity index is 402. The van der Waals surface area contributed by atoms with Gasteiger partial charge in [-0.15, -0.1) is 0 Å². The second-order valence-electron chi connectivity index (χ2n) is 5.67. The number of benzene rings is 1. The topological polar surface area (TPSA) is 41.5 Å². The molecule has 1 fully saturated rings. The summed E-state index contributed by atoms with van der Waals surface area (Å²) in [7, 11) is 0. The number of aliphatic hydroxyl groups is 1. The minimum atomic E-state index is -0.445. The van der Waals surface area contributed by atoms with Crippen LogP contribution >= 0.6 is 0 Å². The molecule has 0 aliphatic heterocycles. The third kappa shape index (κ3) is 5.21. The normalized spacial score (nSPS) is 16.4. The SMILES string of the molecule is Cc1ccc(OCC(O)CNCCC2CC2)c(C)c1. The van der Waals surface area contributed by atoms with Crippen molar-refractivity contribution in [3.63, 3.8) is 0 Å². The van der Waals surface area contributed by atoms with Crippen molar-refractivity contribution in [1.29, 1.82) is 0 Å². The molecule has 19 heavy (non-hydrogen) atoms. The molecule has 1 atom stereocenters. The largest absolute Gasteiger partial charge is 0.491 e. The molecule has 1 aromatic rings. The van der Waals surface area contributed by atoms with Crippen LogP contribution < -0.4 is 10.1 Å². The molecule has 0 bridgehead atoms. The molecule has 0 radical (unpaired) electrons. The van der Waals surface area contributed by atoms with E-state index in [1.807, 2.05) is 19.1 Å². The van der Waals surface area contributed by atoms with Crippen LogP contribution in [0, 0.1) is 19.8 Å². The Labute approximate surface area is 116 Å². The summed E-state index contributed by atoms with van der Waals surface area (Å²) < 4.78 is 5.65. The minimum Gasteiger partial charge on any atom is -0.491 e. The summed E-state index contributed by atoms with van der Waals surface area (Å²) in [6.45, 7) is 6.06. The Kier molecular flexibility index (Phi) is 5.23. The Morgan fingerprint density at radius 2 is 2.16 bits per heavy atom. The van der Waals surface area contributed by atoms with Crippen LogP contribution in [-0.4, -0.2) is 30.9 Å². The van der Waals surface area contributed by atoms with Gasteiger partial charge in [0.05, 0.1) is 0 Å². The number of aliphatic hydroxyl groups excluding tert-OH is 1. The third-order valence-corrected chi connectivity index (χ3v) is 3.57. The van der Waals surface area contributed by atoms with Crippen molar-refractivity contribution in [1.82, 2.24) is 5.32 Å². The molecule has 0 aromatic heterocycles. The molecule has 106 valence electrons.